The molecule has 0 aliphatic carbocycles. The summed E-state index contributed by atoms with van der Waals surface area (Å²) in [7, 11) is 0. The van der Waals surface area contributed by atoms with Crippen LogP contribution in [0, 0.1) is 4.84 Å². The van der Waals surface area contributed by atoms with E-state index < -0.39 is 0 Å². The highest BCUT2D eigenvalue weighted by molar-refractivity contribution is 7.71. The smallest absolute Gasteiger partial charge is 0.284 e. The number of aromatic amines is 1. The van der Waals surface area contributed by atoms with Crippen molar-refractivity contribution in [2.75, 3.05) is 26.2 Å². The zero-order chi connectivity index (χ0) is 19.5. The Morgan fingerprint density at radius 3 is 2.64 bits per heavy atom. The van der Waals surface area contributed by atoms with Crippen molar-refractivity contribution < 1.29 is 9.15 Å². The molecule has 2 aromatic heterocycles. The Hall–Kier alpha value is -2.64. The molecule has 2 aromatic carbocycles. The second-order valence-corrected chi connectivity index (χ2v) is 7.01. The fourth-order valence-corrected chi connectivity index (χ4v) is 3.79. The van der Waals surface area contributed by atoms with Crippen LogP contribution in [0.4, 0.5) is 0 Å². The molecule has 0 unspecified atom stereocenters. The zero-order valence-electron chi connectivity index (χ0n) is 16.1. The van der Waals surface area contributed by atoms with Crippen molar-refractivity contribution in [3.63, 3.8) is 0 Å². The molecule has 0 amide bonds. The van der Waals surface area contributed by atoms with Crippen LogP contribution in [-0.2, 0) is 6.54 Å². The van der Waals surface area contributed by atoms with Crippen LogP contribution in [-0.4, -0.2) is 45.9 Å². The van der Waals surface area contributed by atoms with E-state index in [1.54, 1.807) is 0 Å². The van der Waals surface area contributed by atoms with Crippen molar-refractivity contribution in [1.82, 2.24) is 19.7 Å². The summed E-state index contributed by atoms with van der Waals surface area (Å²) in [5, 5.41) is 9.13. The minimum absolute atomic E-state index is 0.288. The van der Waals surface area contributed by atoms with Crippen molar-refractivity contribution in [2.24, 2.45) is 0 Å². The normalized spacial score (nSPS) is 11.7. The highest BCUT2D eigenvalue weighted by Crippen LogP contribution is 2.36. The predicted octanol–water partition coefficient (Wildman–Crippen LogP) is 4.61. The van der Waals surface area contributed by atoms with E-state index in [1.807, 2.05) is 18.2 Å². The lowest BCUT2D eigenvalue weighted by Crippen LogP contribution is -2.27. The van der Waals surface area contributed by atoms with Gasteiger partial charge < -0.3 is 18.6 Å². The van der Waals surface area contributed by atoms with E-state index in [2.05, 4.69) is 57.8 Å². The number of H-pyrrole nitrogens is 1. The van der Waals surface area contributed by atoms with Crippen LogP contribution in [0.25, 0.3) is 21.8 Å². The first kappa shape index (κ1) is 18.7. The van der Waals surface area contributed by atoms with Crippen LogP contribution < -0.4 is 4.74 Å². The molecule has 0 radical (unpaired) electrons. The summed E-state index contributed by atoms with van der Waals surface area (Å²) in [6.45, 7) is 8.48. The van der Waals surface area contributed by atoms with Crippen molar-refractivity contribution in [2.45, 2.75) is 20.4 Å². The molecule has 4 rings (SSSR count). The number of benzene rings is 2. The van der Waals surface area contributed by atoms with Crippen molar-refractivity contribution in [3.8, 4) is 5.75 Å². The average molecular weight is 397 g/mol. The van der Waals surface area contributed by atoms with Gasteiger partial charge in [0.15, 0.2) is 0 Å². The monoisotopic (exact) mass is 396 g/mol. The minimum Gasteiger partial charge on any atom is -0.492 e. The van der Waals surface area contributed by atoms with Gasteiger partial charge >= 0.3 is 0 Å². The number of nitrogens with one attached hydrogen (secondary N) is 1. The Balaban J connectivity index is 1.74. The van der Waals surface area contributed by atoms with Gasteiger partial charge in [-0.1, -0.05) is 38.1 Å². The SMILES string of the molecule is CCN(CC)CCOc1cccc2c1c1ccccc1n2Cc1n[nH]c(=S)o1. The van der Waals surface area contributed by atoms with Crippen LogP contribution in [0.15, 0.2) is 46.9 Å². The number of likely N-dealkylation sites (N-methyl/N-ethyl adjacent to an activating group) is 1. The number of para-hydroxylation sites is 1. The highest BCUT2D eigenvalue weighted by atomic mass is 32.1. The fraction of sp³-hybridized carbons (Fsp3) is 0.333. The third-order valence-corrected chi connectivity index (χ3v) is 5.27. The van der Waals surface area contributed by atoms with Gasteiger partial charge in [0.2, 0.25) is 5.89 Å². The van der Waals surface area contributed by atoms with Crippen molar-refractivity contribution in [3.05, 3.63) is 53.2 Å². The van der Waals surface area contributed by atoms with Gasteiger partial charge in [-0.15, -0.1) is 5.10 Å². The van der Waals surface area contributed by atoms with Gasteiger partial charge in [-0.25, -0.2) is 5.10 Å². The molecule has 0 aliphatic rings. The van der Waals surface area contributed by atoms with E-state index in [9.17, 15) is 0 Å². The second kappa shape index (κ2) is 8.16. The van der Waals surface area contributed by atoms with Gasteiger partial charge in [-0.2, -0.15) is 0 Å². The van der Waals surface area contributed by atoms with E-state index in [4.69, 9.17) is 21.4 Å². The first-order valence-electron chi connectivity index (χ1n) is 9.60. The highest BCUT2D eigenvalue weighted by Gasteiger charge is 2.16. The summed E-state index contributed by atoms with van der Waals surface area (Å²) in [5.41, 5.74) is 2.20. The summed E-state index contributed by atoms with van der Waals surface area (Å²) < 4.78 is 13.9. The number of hydrogen-bond acceptors (Lipinski definition) is 5. The lowest BCUT2D eigenvalue weighted by molar-refractivity contribution is 0.224. The third-order valence-electron chi connectivity index (χ3n) is 5.09. The van der Waals surface area contributed by atoms with Gasteiger partial charge in [-0.3, -0.25) is 0 Å². The van der Waals surface area contributed by atoms with Gasteiger partial charge in [0.05, 0.1) is 5.52 Å². The van der Waals surface area contributed by atoms with Crippen LogP contribution >= 0.6 is 12.2 Å². The first-order valence-corrected chi connectivity index (χ1v) is 10.0. The fourth-order valence-electron chi connectivity index (χ4n) is 3.64. The van der Waals surface area contributed by atoms with Gasteiger partial charge in [0.1, 0.15) is 18.9 Å². The van der Waals surface area contributed by atoms with Gasteiger partial charge in [-0.05, 0) is 43.5 Å². The largest absolute Gasteiger partial charge is 0.492 e. The van der Waals surface area contributed by atoms with Gasteiger partial charge in [0.25, 0.3) is 4.84 Å². The van der Waals surface area contributed by atoms with Crippen LogP contribution in [0.2, 0.25) is 0 Å². The summed E-state index contributed by atoms with van der Waals surface area (Å²) in [6.07, 6.45) is 0. The Kier molecular flexibility index (Phi) is 5.45. The predicted molar refractivity (Wildman–Crippen MR) is 114 cm³/mol. The lowest BCUT2D eigenvalue weighted by Gasteiger charge is -2.18. The maximum absolute atomic E-state index is 6.21. The summed E-state index contributed by atoms with van der Waals surface area (Å²) in [4.78, 5) is 2.64. The Morgan fingerprint density at radius 1 is 1.11 bits per heavy atom. The molecule has 7 heteroatoms. The molecule has 1 N–H and O–H groups in total. The zero-order valence-corrected chi connectivity index (χ0v) is 17.0. The molecule has 0 saturated heterocycles. The van der Waals surface area contributed by atoms with E-state index in [1.165, 1.54) is 0 Å². The number of ether oxygens (including phenoxy) is 1. The third kappa shape index (κ3) is 3.55. The molecule has 0 fully saturated rings. The molecule has 2 heterocycles. The van der Waals surface area contributed by atoms with Crippen LogP contribution in [0.1, 0.15) is 19.7 Å². The van der Waals surface area contributed by atoms with E-state index in [0.717, 1.165) is 47.2 Å². The molecule has 6 nitrogen and oxygen atoms in total. The maximum atomic E-state index is 6.21. The molecule has 0 aliphatic heterocycles. The molecule has 4 aromatic rings. The minimum atomic E-state index is 0.288. The van der Waals surface area contributed by atoms with E-state index in [0.29, 0.717) is 19.0 Å². The molecule has 28 heavy (non-hydrogen) atoms. The topological polar surface area (TPSA) is 59.2 Å². The first-order chi connectivity index (χ1) is 13.7. The quantitative estimate of drug-likeness (QED) is 0.441. The molecule has 146 valence electrons. The molecular formula is C21H24N4O2S. The molecule has 0 spiro atoms. The second-order valence-electron chi connectivity index (χ2n) is 6.64. The number of aromatic nitrogens is 3. The van der Waals surface area contributed by atoms with E-state index in [-0.39, 0.29) is 4.84 Å². The molecular weight excluding hydrogens is 372 g/mol. The standard InChI is InChI=1S/C21H24N4O2S/c1-3-24(4-2)12-13-26-18-11-7-10-17-20(18)15-8-5-6-9-16(15)25(17)14-19-22-23-21(28)27-19/h5-11H,3-4,12-14H2,1-2H3,(H,23,28). The van der Waals surface area contributed by atoms with E-state index >= 15 is 0 Å². The summed E-state index contributed by atoms with van der Waals surface area (Å²) in [5.74, 6) is 1.46. The van der Waals surface area contributed by atoms with Crippen molar-refractivity contribution >= 4 is 34.0 Å². The molecule has 0 bridgehead atoms. The van der Waals surface area contributed by atoms with Crippen molar-refractivity contribution in [1.29, 1.82) is 0 Å². The number of rotatable bonds is 8. The molecule has 0 atom stereocenters. The summed E-state index contributed by atoms with van der Waals surface area (Å²) >= 11 is 5.01. The molecule has 0 saturated carbocycles. The summed E-state index contributed by atoms with van der Waals surface area (Å²) in [6, 6.07) is 14.5. The van der Waals surface area contributed by atoms with Crippen LogP contribution in [0.3, 0.4) is 0 Å². The van der Waals surface area contributed by atoms with Crippen LogP contribution in [0.5, 0.6) is 5.75 Å². The number of hydrogen-bond donors (Lipinski definition) is 1. The Bertz CT molecular complexity index is 1140. The van der Waals surface area contributed by atoms with Gasteiger partial charge in [0, 0.05) is 22.8 Å². The number of fused-ring (bicyclic) bond motifs is 3. The Labute approximate surface area is 168 Å². The average Bonchev–Trinajstić information content (AvgIpc) is 3.27. The maximum Gasteiger partial charge on any atom is 0.284 e. The number of nitrogens with zero attached hydrogens (tertiary/aromatic N) is 3. The lowest BCUT2D eigenvalue weighted by atomic mass is 10.1. The Morgan fingerprint density at radius 2 is 1.89 bits per heavy atom.